The summed E-state index contributed by atoms with van der Waals surface area (Å²) in [4.78, 5) is 11.2. The maximum atomic E-state index is 11.2. The molecular formula is C9H15NOS. The van der Waals surface area contributed by atoms with E-state index >= 15 is 0 Å². The summed E-state index contributed by atoms with van der Waals surface area (Å²) >= 11 is 1.99. The first kappa shape index (κ1) is 8.42. The molecule has 1 saturated heterocycles. The van der Waals surface area contributed by atoms with E-state index < -0.39 is 0 Å². The van der Waals surface area contributed by atoms with Crippen LogP contribution in [-0.4, -0.2) is 23.0 Å². The van der Waals surface area contributed by atoms with Crippen LogP contribution in [0.1, 0.15) is 32.1 Å². The Balaban J connectivity index is 2.01. The van der Waals surface area contributed by atoms with Gasteiger partial charge >= 0.3 is 0 Å². The molecular weight excluding hydrogens is 170 g/mol. The Morgan fingerprint density at radius 2 is 2.17 bits per heavy atom. The first-order valence-corrected chi connectivity index (χ1v) is 5.82. The largest absolute Gasteiger partial charge is 0.352 e. The molecule has 68 valence electrons. The topological polar surface area (TPSA) is 29.1 Å². The first-order chi connectivity index (χ1) is 5.86. The molecule has 0 spiro atoms. The summed E-state index contributed by atoms with van der Waals surface area (Å²) in [6, 6.07) is 0.485. The van der Waals surface area contributed by atoms with Crippen molar-refractivity contribution < 1.29 is 4.79 Å². The lowest BCUT2D eigenvalue weighted by molar-refractivity contribution is -0.121. The van der Waals surface area contributed by atoms with Crippen LogP contribution < -0.4 is 5.32 Å². The number of amides is 1. The third kappa shape index (κ3) is 1.76. The Morgan fingerprint density at radius 3 is 3.08 bits per heavy atom. The van der Waals surface area contributed by atoms with Crippen molar-refractivity contribution in [1.82, 2.24) is 5.32 Å². The van der Waals surface area contributed by atoms with Crippen molar-refractivity contribution in [2.45, 2.75) is 43.4 Å². The van der Waals surface area contributed by atoms with E-state index in [1.54, 1.807) is 0 Å². The highest BCUT2D eigenvalue weighted by molar-refractivity contribution is 8.00. The minimum absolute atomic E-state index is 0.261. The molecule has 2 nitrogen and oxygen atoms in total. The van der Waals surface area contributed by atoms with Gasteiger partial charge in [0.1, 0.15) is 0 Å². The highest BCUT2D eigenvalue weighted by atomic mass is 32.2. The average molecular weight is 185 g/mol. The second-order valence-electron chi connectivity index (χ2n) is 3.62. The van der Waals surface area contributed by atoms with Gasteiger partial charge in [0.15, 0.2) is 0 Å². The van der Waals surface area contributed by atoms with Crippen LogP contribution in [0.25, 0.3) is 0 Å². The van der Waals surface area contributed by atoms with Crippen LogP contribution >= 0.6 is 11.8 Å². The molecule has 1 aliphatic heterocycles. The van der Waals surface area contributed by atoms with Gasteiger partial charge in [-0.3, -0.25) is 4.79 Å². The fraction of sp³-hybridized carbons (Fsp3) is 0.889. The second kappa shape index (κ2) is 3.69. The molecule has 0 aromatic rings. The molecule has 12 heavy (non-hydrogen) atoms. The van der Waals surface area contributed by atoms with Crippen molar-refractivity contribution in [3.8, 4) is 0 Å². The zero-order valence-corrected chi connectivity index (χ0v) is 8.03. The Morgan fingerprint density at radius 1 is 1.33 bits per heavy atom. The lowest BCUT2D eigenvalue weighted by Gasteiger charge is -2.29. The number of hydrogen-bond donors (Lipinski definition) is 1. The summed E-state index contributed by atoms with van der Waals surface area (Å²) in [6.45, 7) is 0. The molecule has 1 saturated carbocycles. The molecule has 0 bridgehead atoms. The van der Waals surface area contributed by atoms with Gasteiger partial charge in [0, 0.05) is 23.5 Å². The zero-order chi connectivity index (χ0) is 8.39. The van der Waals surface area contributed by atoms with Gasteiger partial charge in [0.05, 0.1) is 0 Å². The average Bonchev–Trinajstić information content (AvgIpc) is 2.25. The summed E-state index contributed by atoms with van der Waals surface area (Å²) in [6.07, 6.45) is 5.86. The maximum Gasteiger partial charge on any atom is 0.221 e. The number of nitrogens with one attached hydrogen (secondary N) is 1. The smallest absolute Gasteiger partial charge is 0.221 e. The molecule has 1 heterocycles. The lowest BCUT2D eigenvalue weighted by atomic mass is 9.95. The van der Waals surface area contributed by atoms with E-state index in [4.69, 9.17) is 0 Å². The monoisotopic (exact) mass is 185 g/mol. The van der Waals surface area contributed by atoms with E-state index in [2.05, 4.69) is 5.32 Å². The van der Waals surface area contributed by atoms with Crippen LogP contribution in [-0.2, 0) is 4.79 Å². The number of rotatable bonds is 0. The second-order valence-corrected chi connectivity index (χ2v) is 4.96. The van der Waals surface area contributed by atoms with Crippen molar-refractivity contribution in [3.63, 3.8) is 0 Å². The molecule has 0 unspecified atom stereocenters. The SMILES string of the molecule is O=C1CCS[C@H]2CCCC[C@@H]2N1. The van der Waals surface area contributed by atoms with Gasteiger partial charge in [0.2, 0.25) is 5.91 Å². The molecule has 0 aromatic heterocycles. The third-order valence-corrected chi connectivity index (χ3v) is 4.14. The minimum atomic E-state index is 0.261. The van der Waals surface area contributed by atoms with Crippen molar-refractivity contribution in [2.75, 3.05) is 5.75 Å². The highest BCUT2D eigenvalue weighted by Gasteiger charge is 2.28. The fourth-order valence-electron chi connectivity index (χ4n) is 2.04. The van der Waals surface area contributed by atoms with Crippen LogP contribution in [0.5, 0.6) is 0 Å². The van der Waals surface area contributed by atoms with E-state index in [0.717, 1.165) is 12.2 Å². The zero-order valence-electron chi connectivity index (χ0n) is 7.21. The molecule has 1 aliphatic carbocycles. The number of thioether (sulfide) groups is 1. The number of fused-ring (bicyclic) bond motifs is 1. The normalized spacial score (nSPS) is 36.5. The molecule has 1 N–H and O–H groups in total. The molecule has 2 fully saturated rings. The van der Waals surface area contributed by atoms with Gasteiger partial charge in [-0.1, -0.05) is 12.8 Å². The first-order valence-electron chi connectivity index (χ1n) is 4.77. The summed E-state index contributed by atoms with van der Waals surface area (Å²) in [5, 5.41) is 3.83. The van der Waals surface area contributed by atoms with Gasteiger partial charge < -0.3 is 5.32 Å². The Labute approximate surface area is 77.5 Å². The van der Waals surface area contributed by atoms with Crippen molar-refractivity contribution >= 4 is 17.7 Å². The summed E-state index contributed by atoms with van der Waals surface area (Å²) in [5.74, 6) is 1.28. The van der Waals surface area contributed by atoms with Gasteiger partial charge in [-0.2, -0.15) is 11.8 Å². The van der Waals surface area contributed by atoms with E-state index in [1.165, 1.54) is 25.7 Å². The van der Waals surface area contributed by atoms with Crippen molar-refractivity contribution in [1.29, 1.82) is 0 Å². The van der Waals surface area contributed by atoms with Crippen LogP contribution in [0.3, 0.4) is 0 Å². The fourth-order valence-corrected chi connectivity index (χ4v) is 3.42. The Hall–Kier alpha value is -0.180. The predicted molar refractivity (Wildman–Crippen MR) is 51.3 cm³/mol. The molecule has 2 atom stereocenters. The van der Waals surface area contributed by atoms with E-state index in [9.17, 15) is 4.79 Å². The van der Waals surface area contributed by atoms with Crippen molar-refractivity contribution in [2.24, 2.45) is 0 Å². The van der Waals surface area contributed by atoms with Gasteiger partial charge in [0.25, 0.3) is 0 Å². The van der Waals surface area contributed by atoms with Crippen LogP contribution in [0.15, 0.2) is 0 Å². The minimum Gasteiger partial charge on any atom is -0.352 e. The van der Waals surface area contributed by atoms with E-state index in [0.29, 0.717) is 11.3 Å². The van der Waals surface area contributed by atoms with Gasteiger partial charge in [-0.25, -0.2) is 0 Å². The van der Waals surface area contributed by atoms with E-state index in [-0.39, 0.29) is 5.91 Å². The molecule has 0 radical (unpaired) electrons. The van der Waals surface area contributed by atoms with Crippen molar-refractivity contribution in [3.05, 3.63) is 0 Å². The molecule has 2 rings (SSSR count). The summed E-state index contributed by atoms with van der Waals surface area (Å²) in [5.41, 5.74) is 0. The lowest BCUT2D eigenvalue weighted by Crippen LogP contribution is -2.41. The Kier molecular flexibility index (Phi) is 2.59. The predicted octanol–water partition coefficient (Wildman–Crippen LogP) is 1.55. The maximum absolute atomic E-state index is 11.2. The summed E-state index contributed by atoms with van der Waals surface area (Å²) < 4.78 is 0. The molecule has 0 aromatic carbocycles. The van der Waals surface area contributed by atoms with Gasteiger partial charge in [-0.05, 0) is 12.8 Å². The van der Waals surface area contributed by atoms with E-state index in [1.807, 2.05) is 11.8 Å². The number of carbonyl (C=O) groups excluding carboxylic acids is 1. The van der Waals surface area contributed by atoms with Crippen LogP contribution in [0.2, 0.25) is 0 Å². The number of carbonyl (C=O) groups is 1. The highest BCUT2D eigenvalue weighted by Crippen LogP contribution is 2.30. The van der Waals surface area contributed by atoms with Crippen LogP contribution in [0, 0.1) is 0 Å². The molecule has 1 amide bonds. The van der Waals surface area contributed by atoms with Crippen LogP contribution in [0.4, 0.5) is 0 Å². The Bertz CT molecular complexity index is 183. The third-order valence-electron chi connectivity index (χ3n) is 2.71. The molecule has 2 aliphatic rings. The van der Waals surface area contributed by atoms with Gasteiger partial charge in [-0.15, -0.1) is 0 Å². The quantitative estimate of drug-likeness (QED) is 0.620. The number of hydrogen-bond acceptors (Lipinski definition) is 2. The molecule has 3 heteroatoms. The summed E-state index contributed by atoms with van der Waals surface area (Å²) in [7, 11) is 0. The standard InChI is InChI=1S/C9H15NOS/c11-9-5-6-12-8-4-2-1-3-7(8)10-9/h7-8H,1-6H2,(H,10,11)/t7-,8-/m0/s1.